The third kappa shape index (κ3) is 2.84. The second-order valence-electron chi connectivity index (χ2n) is 3.83. The molecule has 2 aromatic rings. The van der Waals surface area contributed by atoms with Crippen LogP contribution in [0, 0.1) is 21.4 Å². The average Bonchev–Trinajstić information content (AvgIpc) is 2.96. The summed E-state index contributed by atoms with van der Waals surface area (Å²) in [4.78, 5) is 25.4. The van der Waals surface area contributed by atoms with Gasteiger partial charge in [-0.15, -0.1) is 0 Å². The van der Waals surface area contributed by atoms with Crippen LogP contribution in [0.4, 0.5) is 5.69 Å². The molecule has 0 radical (unpaired) electrons. The highest BCUT2D eigenvalue weighted by molar-refractivity contribution is 5.88. The van der Waals surface area contributed by atoms with E-state index in [4.69, 9.17) is 10.00 Å². The van der Waals surface area contributed by atoms with Crippen molar-refractivity contribution >= 4 is 11.7 Å². The maximum absolute atomic E-state index is 11.5. The van der Waals surface area contributed by atoms with Crippen LogP contribution < -0.4 is 0 Å². The number of nitriles is 1. The molecule has 21 heavy (non-hydrogen) atoms. The van der Waals surface area contributed by atoms with Gasteiger partial charge in [-0.05, 0) is 6.92 Å². The van der Waals surface area contributed by atoms with Gasteiger partial charge in [-0.3, -0.25) is 10.1 Å². The molecular weight excluding hydrogens is 278 g/mol. The lowest BCUT2D eigenvalue weighted by molar-refractivity contribution is -0.385. The van der Waals surface area contributed by atoms with Crippen LogP contribution in [0.25, 0.3) is 5.82 Å². The molecule has 2 rings (SSSR count). The number of aromatic nitrogens is 3. The van der Waals surface area contributed by atoms with Gasteiger partial charge in [0.2, 0.25) is 0 Å². The zero-order chi connectivity index (χ0) is 15.4. The van der Waals surface area contributed by atoms with E-state index in [-0.39, 0.29) is 29.2 Å². The molecule has 0 amide bonds. The molecule has 0 aromatic carbocycles. The van der Waals surface area contributed by atoms with Gasteiger partial charge in [-0.25, -0.2) is 14.5 Å². The van der Waals surface area contributed by atoms with Gasteiger partial charge >= 0.3 is 5.97 Å². The monoisotopic (exact) mass is 287 g/mol. The molecule has 9 nitrogen and oxygen atoms in total. The van der Waals surface area contributed by atoms with Crippen molar-refractivity contribution in [3.63, 3.8) is 0 Å². The molecule has 2 aromatic heterocycles. The Bertz CT molecular complexity index is 746. The van der Waals surface area contributed by atoms with Crippen LogP contribution in [0.5, 0.6) is 0 Å². The third-order valence-corrected chi connectivity index (χ3v) is 2.49. The minimum Gasteiger partial charge on any atom is -0.462 e. The Balaban J connectivity index is 2.41. The number of hydrogen-bond donors (Lipinski definition) is 0. The number of pyridine rings is 1. The van der Waals surface area contributed by atoms with Gasteiger partial charge in [-0.1, -0.05) is 0 Å². The van der Waals surface area contributed by atoms with Crippen molar-refractivity contribution < 1.29 is 14.5 Å². The van der Waals surface area contributed by atoms with E-state index in [1.165, 1.54) is 17.1 Å². The molecule has 0 aliphatic heterocycles. The summed E-state index contributed by atoms with van der Waals surface area (Å²) in [5.74, 6) is -0.456. The molecule has 0 saturated heterocycles. The van der Waals surface area contributed by atoms with Gasteiger partial charge in [0, 0.05) is 12.3 Å². The summed E-state index contributed by atoms with van der Waals surface area (Å²) < 4.78 is 6.01. The molecule has 106 valence electrons. The van der Waals surface area contributed by atoms with E-state index < -0.39 is 10.9 Å². The first-order valence-corrected chi connectivity index (χ1v) is 5.83. The number of nitro groups is 1. The molecule has 0 aliphatic carbocycles. The molecule has 2 heterocycles. The quantitative estimate of drug-likeness (QED) is 0.470. The number of hydrogen-bond acceptors (Lipinski definition) is 7. The second kappa shape index (κ2) is 5.79. The second-order valence-corrected chi connectivity index (χ2v) is 3.83. The number of esters is 1. The normalized spacial score (nSPS) is 9.90. The van der Waals surface area contributed by atoms with Gasteiger partial charge in [0.1, 0.15) is 17.8 Å². The lowest BCUT2D eigenvalue weighted by atomic mass is 10.2. The first-order valence-electron chi connectivity index (χ1n) is 5.83. The van der Waals surface area contributed by atoms with E-state index in [1.54, 1.807) is 6.92 Å². The summed E-state index contributed by atoms with van der Waals surface area (Å²) in [7, 11) is 0. The maximum Gasteiger partial charge on any atom is 0.341 e. The highest BCUT2D eigenvalue weighted by Crippen LogP contribution is 2.17. The van der Waals surface area contributed by atoms with Gasteiger partial charge in [0.25, 0.3) is 5.69 Å². The number of carbonyl (C=O) groups is 1. The fourth-order valence-corrected chi connectivity index (χ4v) is 1.57. The standard InChI is InChI=1S/C12H9N5O4/c1-2-21-12(18)9-5-15-16(7-9)11-8(4-13)3-10(6-14-11)17(19)20/h3,5-7H,2H2,1H3. The van der Waals surface area contributed by atoms with Crippen molar-refractivity contribution in [3.8, 4) is 11.9 Å². The van der Waals surface area contributed by atoms with Crippen molar-refractivity contribution in [3.05, 3.63) is 45.9 Å². The minimum absolute atomic E-state index is 0.0253. The minimum atomic E-state index is -0.648. The lowest BCUT2D eigenvalue weighted by Gasteiger charge is -2.02. The lowest BCUT2D eigenvalue weighted by Crippen LogP contribution is -2.04. The van der Waals surface area contributed by atoms with Gasteiger partial charge in [-0.2, -0.15) is 10.4 Å². The van der Waals surface area contributed by atoms with Crippen LogP contribution in [-0.2, 0) is 4.74 Å². The summed E-state index contributed by atoms with van der Waals surface area (Å²) in [6.45, 7) is 1.90. The Hall–Kier alpha value is -3.28. The predicted octanol–water partition coefficient (Wildman–Crippen LogP) is 1.22. The Morgan fingerprint density at radius 2 is 2.33 bits per heavy atom. The first kappa shape index (κ1) is 14.1. The first-order chi connectivity index (χ1) is 10.1. The van der Waals surface area contributed by atoms with Crippen LogP contribution in [0.3, 0.4) is 0 Å². The number of rotatable bonds is 4. The van der Waals surface area contributed by atoms with E-state index in [2.05, 4.69) is 10.1 Å². The van der Waals surface area contributed by atoms with Gasteiger partial charge < -0.3 is 4.74 Å². The molecule has 0 aliphatic rings. The van der Waals surface area contributed by atoms with Crippen molar-refractivity contribution in [2.75, 3.05) is 6.61 Å². The largest absolute Gasteiger partial charge is 0.462 e. The summed E-state index contributed by atoms with van der Waals surface area (Å²) >= 11 is 0. The van der Waals surface area contributed by atoms with Crippen molar-refractivity contribution in [2.24, 2.45) is 0 Å². The number of ether oxygens (including phenoxy) is 1. The van der Waals surface area contributed by atoms with E-state index in [9.17, 15) is 14.9 Å². The topological polar surface area (TPSA) is 124 Å². The third-order valence-electron chi connectivity index (χ3n) is 2.49. The van der Waals surface area contributed by atoms with Crippen molar-refractivity contribution in [2.45, 2.75) is 6.92 Å². The van der Waals surface area contributed by atoms with Crippen LogP contribution in [0.2, 0.25) is 0 Å². The predicted molar refractivity (Wildman–Crippen MR) is 68.7 cm³/mol. The summed E-state index contributed by atoms with van der Waals surface area (Å²) in [6.07, 6.45) is 3.62. The Labute approximate surface area is 118 Å². The van der Waals surface area contributed by atoms with E-state index in [0.717, 1.165) is 12.3 Å². The molecule has 0 bridgehead atoms. The van der Waals surface area contributed by atoms with E-state index >= 15 is 0 Å². The van der Waals surface area contributed by atoms with E-state index in [0.29, 0.717) is 0 Å². The summed E-state index contributed by atoms with van der Waals surface area (Å²) in [6, 6.07) is 2.90. The number of carbonyl (C=O) groups excluding carboxylic acids is 1. The molecular formula is C12H9N5O4. The van der Waals surface area contributed by atoms with Crippen molar-refractivity contribution in [1.29, 1.82) is 5.26 Å². The van der Waals surface area contributed by atoms with E-state index in [1.807, 2.05) is 6.07 Å². The molecule has 0 atom stereocenters. The molecule has 0 saturated carbocycles. The smallest absolute Gasteiger partial charge is 0.341 e. The Morgan fingerprint density at radius 1 is 1.57 bits per heavy atom. The van der Waals surface area contributed by atoms with Gasteiger partial charge in [0.05, 0.1) is 23.3 Å². The van der Waals surface area contributed by atoms with Crippen molar-refractivity contribution in [1.82, 2.24) is 14.8 Å². The van der Waals surface area contributed by atoms with Crippen LogP contribution in [-0.4, -0.2) is 32.3 Å². The Morgan fingerprint density at radius 3 is 2.95 bits per heavy atom. The highest BCUT2D eigenvalue weighted by atomic mass is 16.6. The van der Waals surface area contributed by atoms with Crippen LogP contribution >= 0.6 is 0 Å². The van der Waals surface area contributed by atoms with Crippen LogP contribution in [0.1, 0.15) is 22.8 Å². The molecule has 0 N–H and O–H groups in total. The van der Waals surface area contributed by atoms with Gasteiger partial charge in [0.15, 0.2) is 5.82 Å². The zero-order valence-corrected chi connectivity index (χ0v) is 10.9. The fourth-order valence-electron chi connectivity index (χ4n) is 1.57. The summed E-state index contributed by atoms with van der Waals surface area (Å²) in [5, 5.41) is 23.6. The molecule has 0 spiro atoms. The Kier molecular flexibility index (Phi) is 3.90. The SMILES string of the molecule is CCOC(=O)c1cnn(-c2ncc([N+](=O)[O-])cc2C#N)c1. The van der Waals surface area contributed by atoms with Crippen LogP contribution in [0.15, 0.2) is 24.7 Å². The molecule has 0 fully saturated rings. The maximum atomic E-state index is 11.5. The molecule has 9 heteroatoms. The average molecular weight is 287 g/mol. The molecule has 0 unspecified atom stereocenters. The zero-order valence-electron chi connectivity index (χ0n) is 10.9. The highest BCUT2D eigenvalue weighted by Gasteiger charge is 2.16. The summed E-state index contributed by atoms with van der Waals surface area (Å²) in [5.41, 5.74) is -0.128. The fraction of sp³-hybridized carbons (Fsp3) is 0.167. The number of nitrogens with zero attached hydrogens (tertiary/aromatic N) is 5.